The average molecular weight is 269 g/mol. The van der Waals surface area contributed by atoms with Gasteiger partial charge >= 0.3 is 6.03 Å². The second kappa shape index (κ2) is 6.07. The monoisotopic (exact) mass is 268 g/mol. The first-order valence-corrected chi connectivity index (χ1v) is 6.49. The molecular formula is C13H17ClN2O2. The molecule has 1 aromatic carbocycles. The van der Waals surface area contributed by atoms with Crippen molar-refractivity contribution in [2.24, 2.45) is 5.92 Å². The molecule has 0 aromatic heterocycles. The Labute approximate surface area is 111 Å². The fourth-order valence-electron chi connectivity index (χ4n) is 1.67. The third kappa shape index (κ3) is 3.89. The molecule has 98 valence electrons. The van der Waals surface area contributed by atoms with Crippen molar-refractivity contribution >= 4 is 17.6 Å². The van der Waals surface area contributed by atoms with Gasteiger partial charge in [0.1, 0.15) is 0 Å². The molecule has 1 unspecified atom stereocenters. The SMILES string of the molecule is O=C(NCC1CC1)NCC(O)c1ccccc1Cl. The maximum Gasteiger partial charge on any atom is 0.314 e. The van der Waals surface area contributed by atoms with Gasteiger partial charge < -0.3 is 15.7 Å². The largest absolute Gasteiger partial charge is 0.387 e. The minimum atomic E-state index is -0.787. The van der Waals surface area contributed by atoms with Gasteiger partial charge in [0.2, 0.25) is 0 Å². The summed E-state index contributed by atoms with van der Waals surface area (Å²) in [6.07, 6.45) is 1.61. The lowest BCUT2D eigenvalue weighted by atomic mass is 10.1. The highest BCUT2D eigenvalue weighted by Gasteiger charge is 2.21. The molecular weight excluding hydrogens is 252 g/mol. The van der Waals surface area contributed by atoms with Gasteiger partial charge in [0.05, 0.1) is 6.10 Å². The Morgan fingerprint density at radius 2 is 2.11 bits per heavy atom. The molecule has 5 heteroatoms. The molecule has 0 heterocycles. The van der Waals surface area contributed by atoms with Crippen LogP contribution < -0.4 is 10.6 Å². The van der Waals surface area contributed by atoms with Crippen LogP contribution >= 0.6 is 11.6 Å². The minimum Gasteiger partial charge on any atom is -0.387 e. The van der Waals surface area contributed by atoms with Crippen LogP contribution in [0.5, 0.6) is 0 Å². The Hall–Kier alpha value is -1.26. The summed E-state index contributed by atoms with van der Waals surface area (Å²) in [6, 6.07) is 6.82. The Kier molecular flexibility index (Phi) is 4.44. The van der Waals surface area contributed by atoms with Crippen LogP contribution in [0.15, 0.2) is 24.3 Å². The minimum absolute atomic E-state index is 0.153. The number of aliphatic hydroxyl groups excluding tert-OH is 1. The maximum absolute atomic E-state index is 11.4. The number of amides is 2. The van der Waals surface area contributed by atoms with Crippen molar-refractivity contribution < 1.29 is 9.90 Å². The predicted molar refractivity (Wildman–Crippen MR) is 70.5 cm³/mol. The van der Waals surface area contributed by atoms with E-state index in [2.05, 4.69) is 10.6 Å². The van der Waals surface area contributed by atoms with Crippen LogP contribution in [0.25, 0.3) is 0 Å². The zero-order chi connectivity index (χ0) is 13.0. The Morgan fingerprint density at radius 1 is 1.39 bits per heavy atom. The fraction of sp³-hybridized carbons (Fsp3) is 0.462. The molecule has 0 saturated heterocycles. The van der Waals surface area contributed by atoms with Crippen molar-refractivity contribution in [3.05, 3.63) is 34.9 Å². The smallest absolute Gasteiger partial charge is 0.314 e. The number of benzene rings is 1. The molecule has 2 amide bonds. The molecule has 1 aliphatic rings. The van der Waals surface area contributed by atoms with Crippen LogP contribution in [0.3, 0.4) is 0 Å². The van der Waals surface area contributed by atoms with E-state index in [0.29, 0.717) is 23.0 Å². The van der Waals surface area contributed by atoms with Crippen LogP contribution in [0, 0.1) is 5.92 Å². The summed E-state index contributed by atoms with van der Waals surface area (Å²) < 4.78 is 0. The van der Waals surface area contributed by atoms with Gasteiger partial charge in [0.25, 0.3) is 0 Å². The number of carbonyl (C=O) groups excluding carboxylic acids is 1. The fourth-order valence-corrected chi connectivity index (χ4v) is 1.93. The first-order valence-electron chi connectivity index (χ1n) is 6.11. The van der Waals surface area contributed by atoms with Gasteiger partial charge in [-0.1, -0.05) is 29.8 Å². The quantitative estimate of drug-likeness (QED) is 0.766. The second-order valence-corrected chi connectivity index (χ2v) is 4.98. The first-order chi connectivity index (χ1) is 8.66. The summed E-state index contributed by atoms with van der Waals surface area (Å²) in [7, 11) is 0. The average Bonchev–Trinajstić information content (AvgIpc) is 3.18. The van der Waals surface area contributed by atoms with Gasteiger partial charge in [-0.15, -0.1) is 0 Å². The van der Waals surface area contributed by atoms with Gasteiger partial charge in [0.15, 0.2) is 0 Å². The number of carbonyl (C=O) groups is 1. The lowest BCUT2D eigenvalue weighted by Gasteiger charge is -2.14. The summed E-state index contributed by atoms with van der Waals surface area (Å²) >= 11 is 5.96. The van der Waals surface area contributed by atoms with Crippen LogP contribution in [-0.4, -0.2) is 24.2 Å². The summed E-state index contributed by atoms with van der Waals surface area (Å²) in [5, 5.41) is 15.8. The third-order valence-corrected chi connectivity index (χ3v) is 3.31. The lowest BCUT2D eigenvalue weighted by Crippen LogP contribution is -2.38. The van der Waals surface area contributed by atoms with Crippen LogP contribution in [-0.2, 0) is 0 Å². The molecule has 1 atom stereocenters. The molecule has 4 nitrogen and oxygen atoms in total. The number of rotatable bonds is 5. The van der Waals surface area contributed by atoms with Crippen LogP contribution in [0.4, 0.5) is 4.79 Å². The van der Waals surface area contributed by atoms with Crippen molar-refractivity contribution in [2.75, 3.05) is 13.1 Å². The molecule has 1 aliphatic carbocycles. The predicted octanol–water partition coefficient (Wildman–Crippen LogP) is 2.08. The molecule has 2 rings (SSSR count). The number of hydrogen-bond donors (Lipinski definition) is 3. The van der Waals surface area contributed by atoms with Crippen molar-refractivity contribution in [3.8, 4) is 0 Å². The molecule has 1 aromatic rings. The Balaban J connectivity index is 1.75. The van der Waals surface area contributed by atoms with E-state index < -0.39 is 6.10 Å². The third-order valence-electron chi connectivity index (χ3n) is 2.97. The lowest BCUT2D eigenvalue weighted by molar-refractivity contribution is 0.173. The van der Waals surface area contributed by atoms with E-state index >= 15 is 0 Å². The Morgan fingerprint density at radius 3 is 2.78 bits per heavy atom. The molecule has 18 heavy (non-hydrogen) atoms. The second-order valence-electron chi connectivity index (χ2n) is 4.57. The summed E-state index contributed by atoms with van der Waals surface area (Å²) in [4.78, 5) is 11.4. The summed E-state index contributed by atoms with van der Waals surface area (Å²) in [6.45, 7) is 0.869. The Bertz CT molecular complexity index is 421. The highest BCUT2D eigenvalue weighted by molar-refractivity contribution is 6.31. The van der Waals surface area contributed by atoms with E-state index in [0.717, 1.165) is 0 Å². The molecule has 0 radical (unpaired) electrons. The van der Waals surface area contributed by atoms with Crippen molar-refractivity contribution in [2.45, 2.75) is 18.9 Å². The van der Waals surface area contributed by atoms with Gasteiger partial charge in [-0.05, 0) is 24.8 Å². The van der Waals surface area contributed by atoms with E-state index in [4.69, 9.17) is 11.6 Å². The normalized spacial score (nSPS) is 16.1. The van der Waals surface area contributed by atoms with E-state index in [-0.39, 0.29) is 12.6 Å². The zero-order valence-corrected chi connectivity index (χ0v) is 10.8. The summed E-state index contributed by atoms with van der Waals surface area (Å²) in [5.74, 6) is 0.643. The van der Waals surface area contributed by atoms with Crippen molar-refractivity contribution in [1.82, 2.24) is 10.6 Å². The van der Waals surface area contributed by atoms with E-state index in [1.54, 1.807) is 24.3 Å². The molecule has 3 N–H and O–H groups in total. The highest BCUT2D eigenvalue weighted by Crippen LogP contribution is 2.27. The van der Waals surface area contributed by atoms with Crippen LogP contribution in [0.2, 0.25) is 5.02 Å². The standard InChI is InChI=1S/C13H17ClN2O2/c14-11-4-2-1-3-10(11)12(17)8-16-13(18)15-7-9-5-6-9/h1-4,9,12,17H,5-8H2,(H2,15,16,18). The number of hydrogen-bond acceptors (Lipinski definition) is 2. The van der Waals surface area contributed by atoms with E-state index in [1.165, 1.54) is 12.8 Å². The zero-order valence-electron chi connectivity index (χ0n) is 10.0. The topological polar surface area (TPSA) is 61.4 Å². The van der Waals surface area contributed by atoms with Gasteiger partial charge in [0, 0.05) is 23.7 Å². The molecule has 0 spiro atoms. The molecule has 0 aliphatic heterocycles. The first kappa shape index (κ1) is 13.2. The maximum atomic E-state index is 11.4. The van der Waals surface area contributed by atoms with Gasteiger partial charge in [-0.2, -0.15) is 0 Å². The van der Waals surface area contributed by atoms with Crippen molar-refractivity contribution in [3.63, 3.8) is 0 Å². The van der Waals surface area contributed by atoms with Gasteiger partial charge in [-0.3, -0.25) is 0 Å². The molecule has 0 bridgehead atoms. The van der Waals surface area contributed by atoms with Crippen LogP contribution in [0.1, 0.15) is 24.5 Å². The number of urea groups is 1. The van der Waals surface area contributed by atoms with Gasteiger partial charge in [-0.25, -0.2) is 4.79 Å². The highest BCUT2D eigenvalue weighted by atomic mass is 35.5. The van der Waals surface area contributed by atoms with E-state index in [1.807, 2.05) is 0 Å². The molecule has 1 fully saturated rings. The number of aliphatic hydroxyl groups is 1. The molecule has 1 saturated carbocycles. The number of halogens is 1. The number of nitrogens with one attached hydrogen (secondary N) is 2. The van der Waals surface area contributed by atoms with Crippen molar-refractivity contribution in [1.29, 1.82) is 0 Å². The summed E-state index contributed by atoms with van der Waals surface area (Å²) in [5.41, 5.74) is 0.627. The van der Waals surface area contributed by atoms with E-state index in [9.17, 15) is 9.90 Å².